The van der Waals surface area contributed by atoms with Crippen molar-refractivity contribution in [2.24, 2.45) is 0 Å². The van der Waals surface area contributed by atoms with Gasteiger partial charge in [0, 0.05) is 30.5 Å². The highest BCUT2D eigenvalue weighted by Gasteiger charge is 2.16. The van der Waals surface area contributed by atoms with Crippen LogP contribution >= 0.6 is 0 Å². The van der Waals surface area contributed by atoms with Crippen LogP contribution in [0, 0.1) is 0 Å². The van der Waals surface area contributed by atoms with Gasteiger partial charge in [-0.15, -0.1) is 0 Å². The third-order valence-electron chi connectivity index (χ3n) is 2.44. The van der Waals surface area contributed by atoms with Crippen LogP contribution in [0.5, 0.6) is 0 Å². The first-order valence-electron chi connectivity index (χ1n) is 4.51. The molecule has 3 nitrogen and oxygen atoms in total. The lowest BCUT2D eigenvalue weighted by molar-refractivity contribution is -0.709. The molecule has 3 heteroatoms. The predicted molar refractivity (Wildman–Crippen MR) is 43.9 cm³/mol. The van der Waals surface area contributed by atoms with Crippen molar-refractivity contribution >= 4 is 5.97 Å². The second-order valence-electron chi connectivity index (χ2n) is 3.34. The Bertz CT molecular complexity index is 347. The summed E-state index contributed by atoms with van der Waals surface area (Å²) in [6.45, 7) is 1.00. The molecule has 0 saturated carbocycles. The van der Waals surface area contributed by atoms with E-state index in [0.717, 1.165) is 25.1 Å². The topological polar surface area (TPSA) is 44.0 Å². The Labute approximate surface area is 76.6 Å². The summed E-state index contributed by atoms with van der Waals surface area (Å²) in [6.07, 6.45) is 5.14. The van der Waals surface area contributed by atoms with Crippen LogP contribution < -0.4 is 9.67 Å². The molecule has 0 aliphatic carbocycles. The Balaban J connectivity index is 2.40. The van der Waals surface area contributed by atoms with Crippen LogP contribution in [0.2, 0.25) is 0 Å². The third kappa shape index (κ3) is 1.54. The third-order valence-corrected chi connectivity index (χ3v) is 2.44. The van der Waals surface area contributed by atoms with Gasteiger partial charge in [0.15, 0.2) is 11.9 Å². The number of aromatic carboxylic acids is 1. The molecule has 0 bridgehead atoms. The smallest absolute Gasteiger partial charge is 0.181 e. The number of hydrogen-bond donors (Lipinski definition) is 0. The average molecular weight is 177 g/mol. The number of carboxylic acids is 1. The van der Waals surface area contributed by atoms with Crippen LogP contribution in [0.25, 0.3) is 0 Å². The summed E-state index contributed by atoms with van der Waals surface area (Å²) in [6, 6.07) is 3.32. The van der Waals surface area contributed by atoms with Crippen molar-refractivity contribution in [1.82, 2.24) is 0 Å². The van der Waals surface area contributed by atoms with E-state index in [-0.39, 0.29) is 5.56 Å². The summed E-state index contributed by atoms with van der Waals surface area (Å²) < 4.78 is 2.11. The zero-order chi connectivity index (χ0) is 9.26. The van der Waals surface area contributed by atoms with E-state index in [9.17, 15) is 9.90 Å². The molecule has 0 spiro atoms. The van der Waals surface area contributed by atoms with Crippen molar-refractivity contribution < 1.29 is 14.5 Å². The number of aromatic nitrogens is 1. The van der Waals surface area contributed by atoms with Gasteiger partial charge in [0.2, 0.25) is 0 Å². The summed E-state index contributed by atoms with van der Waals surface area (Å²) in [5, 5.41) is 10.6. The van der Waals surface area contributed by atoms with Gasteiger partial charge in [-0.2, -0.15) is 0 Å². The van der Waals surface area contributed by atoms with E-state index >= 15 is 0 Å². The lowest BCUT2D eigenvalue weighted by atomic mass is 10.1. The molecule has 0 fully saturated rings. The van der Waals surface area contributed by atoms with E-state index in [0.29, 0.717) is 0 Å². The van der Waals surface area contributed by atoms with Crippen LogP contribution in [-0.4, -0.2) is 5.97 Å². The standard InChI is InChI=1S/C10H11NO2/c12-10(13)8-4-6-11-5-2-1-3-9(11)7-8/h4,6-7H,1-3,5H2. The van der Waals surface area contributed by atoms with Crippen molar-refractivity contribution in [3.8, 4) is 0 Å². The van der Waals surface area contributed by atoms with Gasteiger partial charge in [-0.25, -0.2) is 4.57 Å². The number of carbonyl (C=O) groups excluding carboxylic acids is 1. The van der Waals surface area contributed by atoms with Gasteiger partial charge in [-0.05, 0) is 6.42 Å². The van der Waals surface area contributed by atoms with Crippen LogP contribution in [0.4, 0.5) is 0 Å². The molecular weight excluding hydrogens is 166 g/mol. The highest BCUT2D eigenvalue weighted by atomic mass is 16.4. The minimum Gasteiger partial charge on any atom is -0.545 e. The van der Waals surface area contributed by atoms with Gasteiger partial charge < -0.3 is 9.90 Å². The molecule has 68 valence electrons. The van der Waals surface area contributed by atoms with E-state index in [1.54, 1.807) is 12.1 Å². The van der Waals surface area contributed by atoms with Crippen LogP contribution in [0.15, 0.2) is 18.3 Å². The Kier molecular flexibility index (Phi) is 2.00. The first-order valence-corrected chi connectivity index (χ1v) is 4.51. The Morgan fingerprint density at radius 3 is 3.08 bits per heavy atom. The van der Waals surface area contributed by atoms with E-state index in [4.69, 9.17) is 0 Å². The summed E-state index contributed by atoms with van der Waals surface area (Å²) in [7, 11) is 0. The molecule has 0 N–H and O–H groups in total. The molecule has 0 saturated heterocycles. The number of fused-ring (bicyclic) bond motifs is 1. The van der Waals surface area contributed by atoms with E-state index in [1.165, 1.54) is 6.42 Å². The fourth-order valence-corrected chi connectivity index (χ4v) is 1.73. The van der Waals surface area contributed by atoms with Crippen molar-refractivity contribution in [3.05, 3.63) is 29.6 Å². The lowest BCUT2D eigenvalue weighted by Gasteiger charge is -2.10. The van der Waals surface area contributed by atoms with Gasteiger partial charge in [-0.3, -0.25) is 0 Å². The number of pyridine rings is 1. The fourth-order valence-electron chi connectivity index (χ4n) is 1.73. The molecule has 0 amide bonds. The molecule has 0 radical (unpaired) electrons. The predicted octanol–water partition coefficient (Wildman–Crippen LogP) is -0.326. The van der Waals surface area contributed by atoms with E-state index in [2.05, 4.69) is 4.57 Å². The molecule has 1 aromatic heterocycles. The van der Waals surface area contributed by atoms with Crippen LogP contribution in [0.3, 0.4) is 0 Å². The van der Waals surface area contributed by atoms with E-state index in [1.807, 2.05) is 6.20 Å². The summed E-state index contributed by atoms with van der Waals surface area (Å²) >= 11 is 0. The van der Waals surface area contributed by atoms with Crippen molar-refractivity contribution in [1.29, 1.82) is 0 Å². The van der Waals surface area contributed by atoms with Gasteiger partial charge >= 0.3 is 0 Å². The van der Waals surface area contributed by atoms with Gasteiger partial charge in [0.1, 0.15) is 6.54 Å². The number of rotatable bonds is 1. The number of aryl methyl sites for hydroxylation is 2. The maximum absolute atomic E-state index is 10.6. The SMILES string of the molecule is O=C([O-])c1cc[n+]2c(c1)CCCC2. The molecule has 1 aliphatic heterocycles. The molecule has 1 aromatic rings. The molecule has 0 unspecified atom stereocenters. The summed E-state index contributed by atoms with van der Waals surface area (Å²) in [5.41, 5.74) is 1.39. The molecule has 2 heterocycles. The van der Waals surface area contributed by atoms with Crippen molar-refractivity contribution in [2.75, 3.05) is 0 Å². The van der Waals surface area contributed by atoms with Crippen LogP contribution in [-0.2, 0) is 13.0 Å². The average Bonchev–Trinajstić information content (AvgIpc) is 2.17. The molecule has 13 heavy (non-hydrogen) atoms. The van der Waals surface area contributed by atoms with Crippen molar-refractivity contribution in [3.63, 3.8) is 0 Å². The minimum absolute atomic E-state index is 0.285. The molecular formula is C10H11NO2. The Morgan fingerprint density at radius 1 is 1.46 bits per heavy atom. The zero-order valence-corrected chi connectivity index (χ0v) is 7.32. The molecule has 0 aromatic carbocycles. The highest BCUT2D eigenvalue weighted by molar-refractivity contribution is 5.85. The maximum atomic E-state index is 10.6. The number of carbonyl (C=O) groups is 1. The molecule has 2 rings (SSSR count). The zero-order valence-electron chi connectivity index (χ0n) is 7.32. The lowest BCUT2D eigenvalue weighted by Crippen LogP contribution is -2.41. The second-order valence-corrected chi connectivity index (χ2v) is 3.34. The largest absolute Gasteiger partial charge is 0.545 e. The molecule has 1 aliphatic rings. The van der Waals surface area contributed by atoms with Gasteiger partial charge in [0.05, 0.1) is 5.97 Å². The first kappa shape index (κ1) is 8.23. The van der Waals surface area contributed by atoms with Gasteiger partial charge in [-0.1, -0.05) is 0 Å². The quantitative estimate of drug-likeness (QED) is 0.551. The monoisotopic (exact) mass is 177 g/mol. The fraction of sp³-hybridized carbons (Fsp3) is 0.400. The first-order chi connectivity index (χ1) is 6.27. The van der Waals surface area contributed by atoms with Gasteiger partial charge in [0.25, 0.3) is 0 Å². The summed E-state index contributed by atoms with van der Waals surface area (Å²) in [4.78, 5) is 10.6. The Morgan fingerprint density at radius 2 is 2.31 bits per heavy atom. The van der Waals surface area contributed by atoms with E-state index < -0.39 is 5.97 Å². The molecule has 0 atom stereocenters. The minimum atomic E-state index is -1.09. The Hall–Kier alpha value is -1.38. The number of nitrogens with zero attached hydrogens (tertiary/aromatic N) is 1. The number of hydrogen-bond acceptors (Lipinski definition) is 2. The van der Waals surface area contributed by atoms with Crippen molar-refractivity contribution in [2.45, 2.75) is 25.8 Å². The maximum Gasteiger partial charge on any atom is 0.181 e. The number of carboxylic acid groups (broad SMARTS) is 1. The summed E-state index contributed by atoms with van der Waals surface area (Å²) in [5.74, 6) is -1.09. The normalized spacial score (nSPS) is 15.1. The van der Waals surface area contributed by atoms with Crippen LogP contribution in [0.1, 0.15) is 28.9 Å². The highest BCUT2D eigenvalue weighted by Crippen LogP contribution is 2.08. The second kappa shape index (κ2) is 3.17.